The Morgan fingerprint density at radius 1 is 0.973 bits per heavy atom. The average molecular weight is 545 g/mol. The van der Waals surface area contributed by atoms with Crippen LogP contribution in [0.3, 0.4) is 0 Å². The van der Waals surface area contributed by atoms with E-state index in [0.717, 1.165) is 12.1 Å². The van der Waals surface area contributed by atoms with E-state index in [0.29, 0.717) is 23.3 Å². The lowest BCUT2D eigenvalue weighted by atomic mass is 9.96. The summed E-state index contributed by atoms with van der Waals surface area (Å²) in [7, 11) is 0. The molecule has 4 rings (SSSR count). The number of hydrogen-bond donors (Lipinski definition) is 1. The van der Waals surface area contributed by atoms with E-state index in [9.17, 15) is 40.3 Å². The molecule has 1 heterocycles. The maximum Gasteiger partial charge on any atom is 0.419 e. The van der Waals surface area contributed by atoms with Crippen molar-refractivity contribution in [2.75, 3.05) is 11.9 Å². The molecule has 0 radical (unpaired) electrons. The highest BCUT2D eigenvalue weighted by Gasteiger charge is 2.35. The molecule has 0 bridgehead atoms. The lowest BCUT2D eigenvalue weighted by molar-refractivity contribution is -0.140. The molecule has 0 unspecified atom stereocenters. The minimum Gasteiger partial charge on any atom is -0.334 e. The van der Waals surface area contributed by atoms with Crippen LogP contribution in [0.2, 0.25) is 5.02 Å². The van der Waals surface area contributed by atoms with Gasteiger partial charge in [0, 0.05) is 19.2 Å². The van der Waals surface area contributed by atoms with Crippen LogP contribution in [-0.2, 0) is 30.4 Å². The Balaban J connectivity index is 1.54. The highest BCUT2D eigenvalue weighted by Crippen LogP contribution is 2.35. The standard InChI is InChI=1S/C25H16ClF7N2O2/c26-17-5-4-13-11-35(24(37)15-9-19(28)20(29)10-18(15)27)7-6-14(13)23(17)34-21(36)8-12-2-1-3-16(22(12)30)25(31,32)33/h1-5,9-10H,6-8,11H2,(H,34,36). The Morgan fingerprint density at radius 3 is 2.38 bits per heavy atom. The smallest absolute Gasteiger partial charge is 0.334 e. The number of carbonyl (C=O) groups excluding carboxylic acids is 2. The van der Waals surface area contributed by atoms with E-state index in [1.807, 2.05) is 0 Å². The summed E-state index contributed by atoms with van der Waals surface area (Å²) in [6.07, 6.45) is -5.50. The summed E-state index contributed by atoms with van der Waals surface area (Å²) in [6.45, 7) is -0.0648. The van der Waals surface area contributed by atoms with Crippen molar-refractivity contribution in [3.8, 4) is 0 Å². The molecule has 1 aliphatic rings. The molecule has 4 nitrogen and oxygen atoms in total. The summed E-state index contributed by atoms with van der Waals surface area (Å²) in [5, 5.41) is 2.60. The van der Waals surface area contributed by atoms with E-state index in [1.54, 1.807) is 6.07 Å². The van der Waals surface area contributed by atoms with Crippen molar-refractivity contribution in [3.63, 3.8) is 0 Å². The van der Waals surface area contributed by atoms with Crippen molar-refractivity contribution >= 4 is 29.1 Å². The third-order valence-corrected chi connectivity index (χ3v) is 6.19. The maximum atomic E-state index is 14.3. The molecule has 0 saturated carbocycles. The second kappa shape index (κ2) is 10.0. The zero-order valence-electron chi connectivity index (χ0n) is 18.7. The van der Waals surface area contributed by atoms with Crippen molar-refractivity contribution in [1.29, 1.82) is 0 Å². The van der Waals surface area contributed by atoms with Gasteiger partial charge >= 0.3 is 6.18 Å². The van der Waals surface area contributed by atoms with E-state index in [4.69, 9.17) is 11.6 Å². The van der Waals surface area contributed by atoms with Gasteiger partial charge in [0.05, 0.1) is 28.3 Å². The number of benzene rings is 3. The van der Waals surface area contributed by atoms with Crippen molar-refractivity contribution in [1.82, 2.24) is 4.90 Å². The summed E-state index contributed by atoms with van der Waals surface area (Å²) < 4.78 is 94.1. The molecule has 194 valence electrons. The fourth-order valence-electron chi connectivity index (χ4n) is 4.08. The molecule has 3 aromatic carbocycles. The van der Waals surface area contributed by atoms with Gasteiger partial charge in [0.25, 0.3) is 5.91 Å². The Bertz CT molecular complexity index is 1410. The summed E-state index contributed by atoms with van der Waals surface area (Å²) in [5.74, 6) is -7.28. The SMILES string of the molecule is O=C(Cc1cccc(C(F)(F)F)c1F)Nc1c(Cl)ccc2c1CCN(C(=O)c1cc(F)c(F)cc1F)C2. The fourth-order valence-corrected chi connectivity index (χ4v) is 4.31. The molecule has 37 heavy (non-hydrogen) atoms. The van der Waals surface area contributed by atoms with Gasteiger partial charge in [0.15, 0.2) is 11.6 Å². The number of halogens is 8. The zero-order valence-corrected chi connectivity index (χ0v) is 19.4. The molecule has 2 amide bonds. The number of hydrogen-bond acceptors (Lipinski definition) is 2. The fraction of sp³-hybridized carbons (Fsp3) is 0.200. The average Bonchev–Trinajstić information content (AvgIpc) is 2.83. The first-order valence-electron chi connectivity index (χ1n) is 10.7. The highest BCUT2D eigenvalue weighted by atomic mass is 35.5. The predicted molar refractivity (Wildman–Crippen MR) is 120 cm³/mol. The molecule has 1 N–H and O–H groups in total. The van der Waals surface area contributed by atoms with Crippen molar-refractivity contribution in [3.05, 3.63) is 98.6 Å². The lowest BCUT2D eigenvalue weighted by Gasteiger charge is -2.31. The van der Waals surface area contributed by atoms with Gasteiger partial charge in [0.1, 0.15) is 11.6 Å². The first-order valence-corrected chi connectivity index (χ1v) is 11.1. The second-order valence-corrected chi connectivity index (χ2v) is 8.69. The quantitative estimate of drug-likeness (QED) is 0.310. The number of fused-ring (bicyclic) bond motifs is 1. The molecule has 0 spiro atoms. The van der Waals surface area contributed by atoms with Crippen LogP contribution in [0.15, 0.2) is 42.5 Å². The Kier molecular flexibility index (Phi) is 7.18. The van der Waals surface area contributed by atoms with Crippen LogP contribution in [-0.4, -0.2) is 23.3 Å². The largest absolute Gasteiger partial charge is 0.419 e. The maximum absolute atomic E-state index is 14.3. The summed E-state index contributed by atoms with van der Waals surface area (Å²) in [6, 6.07) is 6.35. The van der Waals surface area contributed by atoms with Gasteiger partial charge in [-0.05, 0) is 41.3 Å². The van der Waals surface area contributed by atoms with E-state index in [-0.39, 0.29) is 36.3 Å². The Hall–Kier alpha value is -3.60. The van der Waals surface area contributed by atoms with Crippen molar-refractivity contribution < 1.29 is 40.3 Å². The van der Waals surface area contributed by atoms with Crippen LogP contribution in [0, 0.1) is 23.3 Å². The van der Waals surface area contributed by atoms with Crippen LogP contribution in [0.25, 0.3) is 0 Å². The molecule has 0 atom stereocenters. The van der Waals surface area contributed by atoms with Gasteiger partial charge in [-0.15, -0.1) is 0 Å². The van der Waals surface area contributed by atoms with Gasteiger partial charge in [-0.25, -0.2) is 17.6 Å². The monoisotopic (exact) mass is 544 g/mol. The Morgan fingerprint density at radius 2 is 1.68 bits per heavy atom. The van der Waals surface area contributed by atoms with E-state index < -0.39 is 64.4 Å². The van der Waals surface area contributed by atoms with Gasteiger partial charge in [0.2, 0.25) is 5.91 Å². The summed E-state index contributed by atoms with van der Waals surface area (Å²) in [5.41, 5.74) is -1.43. The number of anilines is 1. The minimum atomic E-state index is -4.93. The molecule has 1 aliphatic heterocycles. The predicted octanol–water partition coefficient (Wildman–Crippen LogP) is 6.29. The number of nitrogens with one attached hydrogen (secondary N) is 1. The molecular weight excluding hydrogens is 529 g/mol. The van der Waals surface area contributed by atoms with Gasteiger partial charge in [-0.1, -0.05) is 29.8 Å². The van der Waals surface area contributed by atoms with Crippen LogP contribution < -0.4 is 5.32 Å². The second-order valence-electron chi connectivity index (χ2n) is 8.28. The van der Waals surface area contributed by atoms with Crippen molar-refractivity contribution in [2.45, 2.75) is 25.6 Å². The molecule has 0 aliphatic carbocycles. The highest BCUT2D eigenvalue weighted by molar-refractivity contribution is 6.34. The molecular formula is C25H16ClF7N2O2. The van der Waals surface area contributed by atoms with Crippen LogP contribution in [0.1, 0.15) is 32.6 Å². The lowest BCUT2D eigenvalue weighted by Crippen LogP contribution is -2.37. The summed E-state index contributed by atoms with van der Waals surface area (Å²) >= 11 is 6.23. The van der Waals surface area contributed by atoms with E-state index in [2.05, 4.69) is 5.32 Å². The van der Waals surface area contributed by atoms with E-state index in [1.165, 1.54) is 11.0 Å². The zero-order chi connectivity index (χ0) is 27.1. The molecule has 0 fully saturated rings. The molecule has 0 aromatic heterocycles. The number of alkyl halides is 3. The van der Waals surface area contributed by atoms with Gasteiger partial charge < -0.3 is 10.2 Å². The Labute approximate surface area is 210 Å². The van der Waals surface area contributed by atoms with Crippen LogP contribution in [0.5, 0.6) is 0 Å². The number of rotatable bonds is 4. The number of carbonyl (C=O) groups is 2. The van der Waals surface area contributed by atoms with Crippen LogP contribution >= 0.6 is 11.6 Å². The first-order chi connectivity index (χ1) is 17.4. The van der Waals surface area contributed by atoms with Crippen molar-refractivity contribution in [2.24, 2.45) is 0 Å². The number of nitrogens with zero attached hydrogens (tertiary/aromatic N) is 1. The third kappa shape index (κ3) is 5.41. The molecule has 3 aromatic rings. The number of amides is 2. The first kappa shape index (κ1) is 26.5. The van der Waals surface area contributed by atoms with Gasteiger partial charge in [-0.3, -0.25) is 9.59 Å². The summed E-state index contributed by atoms with van der Waals surface area (Å²) in [4.78, 5) is 26.5. The minimum absolute atomic E-state index is 0.00966. The van der Waals surface area contributed by atoms with Crippen LogP contribution in [0.4, 0.5) is 36.4 Å². The molecule has 0 saturated heterocycles. The normalized spacial score (nSPS) is 13.4. The van der Waals surface area contributed by atoms with Gasteiger partial charge in [-0.2, -0.15) is 13.2 Å². The third-order valence-electron chi connectivity index (χ3n) is 5.88. The van der Waals surface area contributed by atoms with E-state index >= 15 is 0 Å². The topological polar surface area (TPSA) is 49.4 Å². The molecule has 12 heteroatoms.